The van der Waals surface area contributed by atoms with Gasteiger partial charge in [0.15, 0.2) is 0 Å². The lowest BCUT2D eigenvalue weighted by Crippen LogP contribution is -2.12. The third kappa shape index (κ3) is 2.76. The Hall–Kier alpha value is -2.88. The number of nitrogens with one attached hydrogen (secondary N) is 1. The number of amides is 1. The minimum Gasteiger partial charge on any atom is -0.338 e. The lowest BCUT2D eigenvalue weighted by molar-refractivity contribution is 0.102. The van der Waals surface area contributed by atoms with Crippen LogP contribution in [-0.2, 0) is 0 Å². The minimum atomic E-state index is -0.211. The highest BCUT2D eigenvalue weighted by atomic mass is 16.5. The van der Waals surface area contributed by atoms with Gasteiger partial charge in [-0.1, -0.05) is 41.6 Å². The van der Waals surface area contributed by atoms with E-state index in [1.165, 1.54) is 0 Å². The van der Waals surface area contributed by atoms with Crippen LogP contribution in [0.4, 0.5) is 5.88 Å². The van der Waals surface area contributed by atoms with Crippen LogP contribution in [0.15, 0.2) is 59.3 Å². The largest absolute Gasteiger partial charge is 0.338 e. The zero-order valence-corrected chi connectivity index (χ0v) is 12.5. The maximum Gasteiger partial charge on any atom is 0.258 e. The first kappa shape index (κ1) is 14.1. The fourth-order valence-electron chi connectivity index (χ4n) is 2.21. The SMILES string of the molecule is Cc1ccc(C(=O)Nc2oncc2-c2ccccc2)cc1C. The fourth-order valence-corrected chi connectivity index (χ4v) is 2.21. The Bertz CT molecular complexity index is 807. The Labute approximate surface area is 128 Å². The van der Waals surface area contributed by atoms with Crippen molar-refractivity contribution in [3.05, 3.63) is 71.4 Å². The molecule has 110 valence electrons. The summed E-state index contributed by atoms with van der Waals surface area (Å²) in [5.74, 6) is 0.145. The molecule has 2 aromatic carbocycles. The Morgan fingerprint density at radius 2 is 1.82 bits per heavy atom. The van der Waals surface area contributed by atoms with Crippen LogP contribution < -0.4 is 5.32 Å². The quantitative estimate of drug-likeness (QED) is 0.786. The van der Waals surface area contributed by atoms with Gasteiger partial charge in [0.2, 0.25) is 5.88 Å². The summed E-state index contributed by atoms with van der Waals surface area (Å²) < 4.78 is 5.18. The van der Waals surface area contributed by atoms with E-state index in [0.29, 0.717) is 11.4 Å². The Kier molecular flexibility index (Phi) is 3.74. The molecule has 0 spiro atoms. The average Bonchev–Trinajstić information content (AvgIpc) is 2.99. The van der Waals surface area contributed by atoms with E-state index >= 15 is 0 Å². The Balaban J connectivity index is 1.86. The summed E-state index contributed by atoms with van der Waals surface area (Å²) in [7, 11) is 0. The van der Waals surface area contributed by atoms with E-state index in [1.54, 1.807) is 12.3 Å². The van der Waals surface area contributed by atoms with Gasteiger partial charge >= 0.3 is 0 Å². The third-order valence-corrected chi connectivity index (χ3v) is 3.65. The summed E-state index contributed by atoms with van der Waals surface area (Å²) in [6.45, 7) is 4.00. The molecule has 0 bridgehead atoms. The lowest BCUT2D eigenvalue weighted by atomic mass is 10.1. The normalized spacial score (nSPS) is 10.5. The molecule has 1 N–H and O–H groups in total. The van der Waals surface area contributed by atoms with Crippen LogP contribution in [0.1, 0.15) is 21.5 Å². The van der Waals surface area contributed by atoms with Gasteiger partial charge in [0.1, 0.15) is 0 Å². The van der Waals surface area contributed by atoms with Crippen molar-refractivity contribution < 1.29 is 9.32 Å². The van der Waals surface area contributed by atoms with Crippen molar-refractivity contribution in [3.8, 4) is 11.1 Å². The molecule has 22 heavy (non-hydrogen) atoms. The van der Waals surface area contributed by atoms with E-state index in [4.69, 9.17) is 4.52 Å². The predicted molar refractivity (Wildman–Crippen MR) is 85.8 cm³/mol. The molecule has 3 rings (SSSR count). The summed E-state index contributed by atoms with van der Waals surface area (Å²) >= 11 is 0. The molecule has 4 nitrogen and oxygen atoms in total. The Morgan fingerprint density at radius 1 is 1.05 bits per heavy atom. The third-order valence-electron chi connectivity index (χ3n) is 3.65. The number of hydrogen-bond acceptors (Lipinski definition) is 3. The van der Waals surface area contributed by atoms with Crippen molar-refractivity contribution in [3.63, 3.8) is 0 Å². The molecular weight excluding hydrogens is 276 g/mol. The van der Waals surface area contributed by atoms with Crippen LogP contribution >= 0.6 is 0 Å². The van der Waals surface area contributed by atoms with Gasteiger partial charge in [0, 0.05) is 5.56 Å². The predicted octanol–water partition coefficient (Wildman–Crippen LogP) is 4.21. The van der Waals surface area contributed by atoms with Crippen molar-refractivity contribution in [2.45, 2.75) is 13.8 Å². The molecule has 0 saturated heterocycles. The van der Waals surface area contributed by atoms with Gasteiger partial charge in [0.05, 0.1) is 11.8 Å². The molecule has 0 atom stereocenters. The molecule has 0 radical (unpaired) electrons. The Morgan fingerprint density at radius 3 is 2.55 bits per heavy atom. The number of rotatable bonds is 3. The number of carbonyl (C=O) groups excluding carboxylic acids is 1. The fraction of sp³-hybridized carbons (Fsp3) is 0.111. The first-order valence-electron chi connectivity index (χ1n) is 7.04. The van der Waals surface area contributed by atoms with E-state index in [0.717, 1.165) is 22.3 Å². The second-order valence-corrected chi connectivity index (χ2v) is 5.19. The zero-order valence-electron chi connectivity index (χ0n) is 12.5. The van der Waals surface area contributed by atoms with Crippen LogP contribution in [0.3, 0.4) is 0 Å². The molecule has 1 amide bonds. The van der Waals surface area contributed by atoms with E-state index in [2.05, 4.69) is 10.5 Å². The number of carbonyl (C=O) groups is 1. The van der Waals surface area contributed by atoms with Gasteiger partial charge in [-0.2, -0.15) is 0 Å². The first-order valence-corrected chi connectivity index (χ1v) is 7.04. The zero-order chi connectivity index (χ0) is 15.5. The molecule has 0 aliphatic heterocycles. The standard InChI is InChI=1S/C18H16N2O2/c1-12-8-9-15(10-13(12)2)17(21)20-18-16(11-19-22-18)14-6-4-3-5-7-14/h3-11H,1-2H3,(H,20,21). The second-order valence-electron chi connectivity index (χ2n) is 5.19. The van der Waals surface area contributed by atoms with Crippen LogP contribution in [-0.4, -0.2) is 11.1 Å². The summed E-state index contributed by atoms with van der Waals surface area (Å²) in [6.07, 6.45) is 1.60. The molecule has 3 aromatic rings. The number of aryl methyl sites for hydroxylation is 2. The monoisotopic (exact) mass is 292 g/mol. The van der Waals surface area contributed by atoms with Gasteiger partial charge in [-0.25, -0.2) is 0 Å². The van der Waals surface area contributed by atoms with Crippen molar-refractivity contribution in [2.75, 3.05) is 5.32 Å². The van der Waals surface area contributed by atoms with Gasteiger partial charge in [-0.3, -0.25) is 10.1 Å². The van der Waals surface area contributed by atoms with Crippen molar-refractivity contribution >= 4 is 11.8 Å². The van der Waals surface area contributed by atoms with Crippen molar-refractivity contribution in [2.24, 2.45) is 0 Å². The summed E-state index contributed by atoms with van der Waals surface area (Å²) in [5.41, 5.74) is 4.53. The van der Waals surface area contributed by atoms with E-state index in [1.807, 2.05) is 56.3 Å². The van der Waals surface area contributed by atoms with E-state index < -0.39 is 0 Å². The van der Waals surface area contributed by atoms with Gasteiger partial charge in [0.25, 0.3) is 5.91 Å². The molecule has 0 aliphatic carbocycles. The highest BCUT2D eigenvalue weighted by molar-refractivity contribution is 6.05. The summed E-state index contributed by atoms with van der Waals surface area (Å²) in [5, 5.41) is 6.57. The van der Waals surface area contributed by atoms with Gasteiger partial charge < -0.3 is 4.52 Å². The molecule has 0 aliphatic rings. The number of hydrogen-bond donors (Lipinski definition) is 1. The molecule has 1 aromatic heterocycles. The van der Waals surface area contributed by atoms with Crippen LogP contribution in [0, 0.1) is 13.8 Å². The summed E-state index contributed by atoms with van der Waals surface area (Å²) in [6, 6.07) is 15.3. The van der Waals surface area contributed by atoms with Crippen molar-refractivity contribution in [1.29, 1.82) is 0 Å². The van der Waals surface area contributed by atoms with Crippen LogP contribution in [0.5, 0.6) is 0 Å². The number of benzene rings is 2. The van der Waals surface area contributed by atoms with Crippen molar-refractivity contribution in [1.82, 2.24) is 5.16 Å². The molecule has 0 unspecified atom stereocenters. The maximum atomic E-state index is 12.4. The molecule has 0 fully saturated rings. The van der Waals surface area contributed by atoms with E-state index in [-0.39, 0.29) is 5.91 Å². The molecular formula is C18H16N2O2. The second kappa shape index (κ2) is 5.85. The van der Waals surface area contributed by atoms with Gasteiger partial charge in [-0.15, -0.1) is 0 Å². The maximum absolute atomic E-state index is 12.4. The minimum absolute atomic E-state index is 0.211. The van der Waals surface area contributed by atoms with Crippen LogP contribution in [0.25, 0.3) is 11.1 Å². The highest BCUT2D eigenvalue weighted by Gasteiger charge is 2.14. The summed E-state index contributed by atoms with van der Waals surface area (Å²) in [4.78, 5) is 12.4. The highest BCUT2D eigenvalue weighted by Crippen LogP contribution is 2.27. The first-order chi connectivity index (χ1) is 10.6. The number of anilines is 1. The molecule has 1 heterocycles. The molecule has 4 heteroatoms. The topological polar surface area (TPSA) is 55.1 Å². The number of nitrogens with zero attached hydrogens (tertiary/aromatic N) is 1. The van der Waals surface area contributed by atoms with Crippen LogP contribution in [0.2, 0.25) is 0 Å². The van der Waals surface area contributed by atoms with E-state index in [9.17, 15) is 4.79 Å². The number of aromatic nitrogens is 1. The van der Waals surface area contributed by atoms with Gasteiger partial charge in [-0.05, 0) is 42.7 Å². The molecule has 0 saturated carbocycles. The average molecular weight is 292 g/mol. The lowest BCUT2D eigenvalue weighted by Gasteiger charge is -2.06. The smallest absolute Gasteiger partial charge is 0.258 e.